The van der Waals surface area contributed by atoms with Crippen LogP contribution in [0, 0.1) is 5.92 Å². The predicted molar refractivity (Wildman–Crippen MR) is 129 cm³/mol. The van der Waals surface area contributed by atoms with Crippen molar-refractivity contribution in [3.63, 3.8) is 0 Å². The molecular weight excluding hydrogens is 416 g/mol. The van der Waals surface area contributed by atoms with Crippen LogP contribution in [0.2, 0.25) is 0 Å². The fraction of sp³-hybridized carbons (Fsp3) is 0.481. The van der Waals surface area contributed by atoms with Crippen LogP contribution >= 0.6 is 0 Å². The number of amides is 2. The molecule has 6 nitrogen and oxygen atoms in total. The lowest BCUT2D eigenvalue weighted by atomic mass is 9.87. The van der Waals surface area contributed by atoms with Crippen LogP contribution < -0.4 is 10.1 Å². The van der Waals surface area contributed by atoms with E-state index in [9.17, 15) is 9.59 Å². The third-order valence-electron chi connectivity index (χ3n) is 5.91. The minimum absolute atomic E-state index is 0.152. The fourth-order valence-corrected chi connectivity index (χ4v) is 4.27. The van der Waals surface area contributed by atoms with E-state index in [2.05, 4.69) is 37.4 Å². The number of methoxy groups -OCH3 is 1. The highest BCUT2D eigenvalue weighted by atomic mass is 16.5. The predicted octanol–water partition coefficient (Wildman–Crippen LogP) is 4.13. The van der Waals surface area contributed by atoms with E-state index < -0.39 is 6.10 Å². The van der Waals surface area contributed by atoms with Crippen LogP contribution in [0.4, 0.5) is 0 Å². The molecule has 2 aromatic carbocycles. The highest BCUT2D eigenvalue weighted by molar-refractivity contribution is 5.81. The Bertz CT molecular complexity index is 929. The lowest BCUT2D eigenvalue weighted by molar-refractivity contribution is -0.134. The van der Waals surface area contributed by atoms with Gasteiger partial charge in [-0.3, -0.25) is 9.59 Å². The van der Waals surface area contributed by atoms with E-state index in [4.69, 9.17) is 9.47 Å². The van der Waals surface area contributed by atoms with Crippen molar-refractivity contribution in [3.8, 4) is 5.75 Å². The molecule has 0 aliphatic carbocycles. The van der Waals surface area contributed by atoms with Gasteiger partial charge in [-0.15, -0.1) is 0 Å². The van der Waals surface area contributed by atoms with Crippen LogP contribution in [0.25, 0.3) is 0 Å². The number of hydrogen-bond donors (Lipinski definition) is 1. The second-order valence-electron chi connectivity index (χ2n) is 8.91. The Morgan fingerprint density at radius 3 is 2.58 bits per heavy atom. The van der Waals surface area contributed by atoms with Gasteiger partial charge in [0.15, 0.2) is 6.10 Å². The summed E-state index contributed by atoms with van der Waals surface area (Å²) in [6, 6.07) is 16.0. The molecule has 1 heterocycles. The lowest BCUT2D eigenvalue weighted by Crippen LogP contribution is -2.41. The average Bonchev–Trinajstić information content (AvgIpc) is 2.81. The molecule has 0 unspecified atom stereocenters. The average molecular weight is 453 g/mol. The Hall–Kier alpha value is -2.86. The third-order valence-corrected chi connectivity index (χ3v) is 5.91. The summed E-state index contributed by atoms with van der Waals surface area (Å²) in [5.41, 5.74) is 3.36. The monoisotopic (exact) mass is 452 g/mol. The summed E-state index contributed by atoms with van der Waals surface area (Å²) in [6.45, 7) is 7.67. The Kier molecular flexibility index (Phi) is 8.89. The van der Waals surface area contributed by atoms with Gasteiger partial charge in [0, 0.05) is 26.6 Å². The first-order chi connectivity index (χ1) is 15.9. The second kappa shape index (κ2) is 11.8. The van der Waals surface area contributed by atoms with Crippen LogP contribution in [0.3, 0.4) is 0 Å². The SMILES string of the molecule is CC[C@@H](Oc1ccc2c(c1)[C@@H](c1ccccc1)N(C(=O)CC(C)C)CC2)C(=O)NCCOC. The maximum absolute atomic E-state index is 13.2. The number of benzene rings is 2. The summed E-state index contributed by atoms with van der Waals surface area (Å²) in [7, 11) is 1.60. The number of fused-ring (bicyclic) bond motifs is 1. The van der Waals surface area contributed by atoms with Crippen molar-refractivity contribution in [2.24, 2.45) is 5.92 Å². The maximum atomic E-state index is 13.2. The Morgan fingerprint density at radius 2 is 1.91 bits per heavy atom. The first-order valence-electron chi connectivity index (χ1n) is 11.8. The number of rotatable bonds is 10. The second-order valence-corrected chi connectivity index (χ2v) is 8.91. The fourth-order valence-electron chi connectivity index (χ4n) is 4.27. The molecule has 0 saturated carbocycles. The van der Waals surface area contributed by atoms with E-state index in [1.54, 1.807) is 7.11 Å². The minimum atomic E-state index is -0.586. The molecule has 1 N–H and O–H groups in total. The van der Waals surface area contributed by atoms with Gasteiger partial charge in [0.2, 0.25) is 5.91 Å². The Balaban J connectivity index is 1.90. The first kappa shape index (κ1) is 24.8. The molecule has 0 aromatic heterocycles. The zero-order valence-electron chi connectivity index (χ0n) is 20.2. The number of hydrogen-bond acceptors (Lipinski definition) is 4. The first-order valence-corrected chi connectivity index (χ1v) is 11.8. The summed E-state index contributed by atoms with van der Waals surface area (Å²) in [4.78, 5) is 27.7. The molecule has 0 saturated heterocycles. The third kappa shape index (κ3) is 6.35. The van der Waals surface area contributed by atoms with Crippen molar-refractivity contribution in [2.45, 2.75) is 52.2 Å². The van der Waals surface area contributed by atoms with Crippen LogP contribution in [0.15, 0.2) is 48.5 Å². The van der Waals surface area contributed by atoms with Crippen LogP contribution in [-0.2, 0) is 20.7 Å². The number of ether oxygens (including phenoxy) is 2. The maximum Gasteiger partial charge on any atom is 0.261 e. The van der Waals surface area contributed by atoms with Gasteiger partial charge >= 0.3 is 0 Å². The van der Waals surface area contributed by atoms with Gasteiger partial charge in [0.05, 0.1) is 12.6 Å². The largest absolute Gasteiger partial charge is 0.481 e. The zero-order valence-corrected chi connectivity index (χ0v) is 20.2. The Labute approximate surface area is 197 Å². The molecule has 1 aliphatic rings. The van der Waals surface area contributed by atoms with Gasteiger partial charge in [-0.05, 0) is 47.6 Å². The molecule has 0 bridgehead atoms. The van der Waals surface area contributed by atoms with Gasteiger partial charge in [-0.2, -0.15) is 0 Å². The summed E-state index contributed by atoms with van der Waals surface area (Å²) in [6.07, 6.45) is 1.29. The number of nitrogens with one attached hydrogen (secondary N) is 1. The van der Waals surface area contributed by atoms with Crippen molar-refractivity contribution in [1.29, 1.82) is 0 Å². The molecular formula is C27H36N2O4. The number of nitrogens with zero attached hydrogens (tertiary/aromatic N) is 1. The summed E-state index contributed by atoms with van der Waals surface area (Å²) in [5.74, 6) is 0.953. The molecule has 3 rings (SSSR count). The van der Waals surface area contributed by atoms with Crippen LogP contribution in [0.5, 0.6) is 5.75 Å². The van der Waals surface area contributed by atoms with Crippen LogP contribution in [-0.4, -0.2) is 49.6 Å². The van der Waals surface area contributed by atoms with Crippen molar-refractivity contribution < 1.29 is 19.1 Å². The smallest absolute Gasteiger partial charge is 0.261 e. The van der Waals surface area contributed by atoms with Crippen molar-refractivity contribution in [3.05, 3.63) is 65.2 Å². The van der Waals surface area contributed by atoms with Crippen molar-refractivity contribution in [1.82, 2.24) is 10.2 Å². The standard InChI is InChI=1S/C27H36N2O4/c1-5-24(27(31)28-14-16-32-4)33-22-12-11-20-13-15-29(25(30)17-19(2)3)26(23(20)18-22)21-9-7-6-8-10-21/h6-12,18-19,24,26H,5,13-17H2,1-4H3,(H,28,31)/t24-,26-/m1/s1. The van der Waals surface area contributed by atoms with Crippen molar-refractivity contribution >= 4 is 11.8 Å². The quantitative estimate of drug-likeness (QED) is 0.551. The molecule has 0 radical (unpaired) electrons. The van der Waals surface area contributed by atoms with Crippen LogP contribution in [0.1, 0.15) is 56.3 Å². The Morgan fingerprint density at radius 1 is 1.15 bits per heavy atom. The molecule has 0 spiro atoms. The van der Waals surface area contributed by atoms with Gasteiger partial charge in [0.1, 0.15) is 5.75 Å². The van der Waals surface area contributed by atoms with E-state index in [0.29, 0.717) is 44.2 Å². The summed E-state index contributed by atoms with van der Waals surface area (Å²) in [5, 5.41) is 2.85. The molecule has 2 atom stereocenters. The number of carbonyl (C=O) groups excluding carboxylic acids is 2. The minimum Gasteiger partial charge on any atom is -0.481 e. The van der Waals surface area contributed by atoms with Gasteiger partial charge in [-0.1, -0.05) is 57.2 Å². The van der Waals surface area contributed by atoms with Crippen molar-refractivity contribution in [2.75, 3.05) is 26.8 Å². The lowest BCUT2D eigenvalue weighted by Gasteiger charge is -2.38. The normalized spacial score (nSPS) is 16.3. The molecule has 6 heteroatoms. The number of carbonyl (C=O) groups is 2. The highest BCUT2D eigenvalue weighted by Crippen LogP contribution is 2.38. The molecule has 2 aromatic rings. The highest BCUT2D eigenvalue weighted by Gasteiger charge is 2.32. The topological polar surface area (TPSA) is 67.9 Å². The van der Waals surface area contributed by atoms with Gasteiger partial charge in [-0.25, -0.2) is 0 Å². The zero-order chi connectivity index (χ0) is 23.8. The van der Waals surface area contributed by atoms with E-state index in [-0.39, 0.29) is 17.9 Å². The molecule has 1 aliphatic heterocycles. The van der Waals surface area contributed by atoms with E-state index in [1.165, 1.54) is 5.56 Å². The van der Waals surface area contributed by atoms with E-state index >= 15 is 0 Å². The molecule has 178 valence electrons. The van der Waals surface area contributed by atoms with E-state index in [1.807, 2.05) is 42.2 Å². The molecule has 2 amide bonds. The van der Waals surface area contributed by atoms with E-state index in [0.717, 1.165) is 17.5 Å². The summed E-state index contributed by atoms with van der Waals surface area (Å²) < 4.78 is 11.1. The van der Waals surface area contributed by atoms with Gasteiger partial charge in [0.25, 0.3) is 5.91 Å². The molecule has 33 heavy (non-hydrogen) atoms. The summed E-state index contributed by atoms with van der Waals surface area (Å²) >= 11 is 0. The van der Waals surface area contributed by atoms with Gasteiger partial charge < -0.3 is 19.7 Å². The molecule has 0 fully saturated rings.